The third-order valence-electron chi connectivity index (χ3n) is 4.87. The molecule has 5 nitrogen and oxygen atoms in total. The van der Waals surface area contributed by atoms with Crippen molar-refractivity contribution in [3.63, 3.8) is 0 Å². The number of alkyl halides is 3. The van der Waals surface area contributed by atoms with Gasteiger partial charge < -0.3 is 14.9 Å². The average molecular weight is 378 g/mol. The van der Waals surface area contributed by atoms with Gasteiger partial charge in [-0.15, -0.1) is 6.58 Å². The predicted octanol–water partition coefficient (Wildman–Crippen LogP) is 3.31. The fourth-order valence-corrected chi connectivity index (χ4v) is 3.72. The summed E-state index contributed by atoms with van der Waals surface area (Å²) in [4.78, 5) is 25.8. The quantitative estimate of drug-likeness (QED) is 0.763. The molecule has 150 valence electrons. The van der Waals surface area contributed by atoms with Crippen molar-refractivity contribution >= 4 is 11.9 Å². The second-order valence-corrected chi connectivity index (χ2v) is 7.37. The molecule has 2 aliphatic rings. The first kappa shape index (κ1) is 22.5. The van der Waals surface area contributed by atoms with Crippen LogP contribution < -0.4 is 0 Å². The monoisotopic (exact) mass is 378 g/mol. The van der Waals surface area contributed by atoms with Crippen LogP contribution in [0.1, 0.15) is 46.0 Å². The molecule has 0 aromatic carbocycles. The maximum Gasteiger partial charge on any atom is 0.490 e. The van der Waals surface area contributed by atoms with Crippen molar-refractivity contribution in [3.8, 4) is 0 Å². The molecule has 1 spiro atoms. The largest absolute Gasteiger partial charge is 0.490 e. The Morgan fingerprint density at radius 3 is 2.27 bits per heavy atom. The lowest BCUT2D eigenvalue weighted by molar-refractivity contribution is -0.192. The summed E-state index contributed by atoms with van der Waals surface area (Å²) in [6.07, 6.45) is 2.05. The molecule has 0 unspecified atom stereocenters. The first-order valence-corrected chi connectivity index (χ1v) is 8.95. The van der Waals surface area contributed by atoms with Crippen LogP contribution in [0.5, 0.6) is 0 Å². The van der Waals surface area contributed by atoms with Gasteiger partial charge in [0.1, 0.15) is 0 Å². The molecule has 0 aliphatic carbocycles. The molecule has 2 heterocycles. The molecule has 0 radical (unpaired) electrons. The summed E-state index contributed by atoms with van der Waals surface area (Å²) in [6.45, 7) is 12.6. The second kappa shape index (κ2) is 9.39. The highest BCUT2D eigenvalue weighted by Gasteiger charge is 2.43. The van der Waals surface area contributed by atoms with Gasteiger partial charge in [0.05, 0.1) is 0 Å². The van der Waals surface area contributed by atoms with E-state index in [9.17, 15) is 18.0 Å². The van der Waals surface area contributed by atoms with Crippen molar-refractivity contribution < 1.29 is 27.9 Å². The van der Waals surface area contributed by atoms with E-state index in [2.05, 4.69) is 30.2 Å². The molecule has 1 amide bonds. The number of carbonyl (C=O) groups excluding carboxylic acids is 1. The van der Waals surface area contributed by atoms with Crippen molar-refractivity contribution in [2.75, 3.05) is 26.2 Å². The molecule has 26 heavy (non-hydrogen) atoms. The van der Waals surface area contributed by atoms with Crippen LogP contribution in [0.3, 0.4) is 0 Å². The first-order chi connectivity index (χ1) is 12.0. The van der Waals surface area contributed by atoms with Crippen LogP contribution in [0.25, 0.3) is 0 Å². The van der Waals surface area contributed by atoms with Crippen LogP contribution in [-0.4, -0.2) is 64.7 Å². The Morgan fingerprint density at radius 2 is 1.85 bits per heavy atom. The van der Waals surface area contributed by atoms with E-state index in [0.717, 1.165) is 51.2 Å². The van der Waals surface area contributed by atoms with Crippen molar-refractivity contribution in [2.24, 2.45) is 5.92 Å². The van der Waals surface area contributed by atoms with E-state index in [0.29, 0.717) is 5.91 Å². The van der Waals surface area contributed by atoms with Crippen molar-refractivity contribution in [2.45, 2.75) is 57.7 Å². The van der Waals surface area contributed by atoms with Gasteiger partial charge in [-0.2, -0.15) is 13.2 Å². The van der Waals surface area contributed by atoms with Crippen LogP contribution in [0.15, 0.2) is 12.7 Å². The van der Waals surface area contributed by atoms with Gasteiger partial charge in [0.15, 0.2) is 0 Å². The zero-order valence-corrected chi connectivity index (χ0v) is 15.5. The van der Waals surface area contributed by atoms with E-state index >= 15 is 0 Å². The lowest BCUT2D eigenvalue weighted by Crippen LogP contribution is -2.59. The lowest BCUT2D eigenvalue weighted by atomic mass is 9.78. The van der Waals surface area contributed by atoms with Crippen molar-refractivity contribution in [1.29, 1.82) is 0 Å². The van der Waals surface area contributed by atoms with E-state index in [4.69, 9.17) is 9.90 Å². The number of carboxylic acid groups (broad SMARTS) is 1. The number of nitrogens with zero attached hydrogens (tertiary/aromatic N) is 2. The van der Waals surface area contributed by atoms with E-state index in [1.807, 2.05) is 6.08 Å². The highest BCUT2D eigenvalue weighted by atomic mass is 19.4. The first-order valence-electron chi connectivity index (χ1n) is 8.95. The van der Waals surface area contributed by atoms with Gasteiger partial charge in [0.25, 0.3) is 0 Å². The molecule has 2 saturated heterocycles. The Morgan fingerprint density at radius 1 is 1.31 bits per heavy atom. The minimum Gasteiger partial charge on any atom is -0.475 e. The van der Waals surface area contributed by atoms with Gasteiger partial charge in [-0.25, -0.2) is 4.79 Å². The average Bonchev–Trinajstić information content (AvgIpc) is 2.53. The Kier molecular flexibility index (Phi) is 8.12. The molecular formula is C18H29F3N2O3. The highest BCUT2D eigenvalue weighted by Crippen LogP contribution is 2.37. The lowest BCUT2D eigenvalue weighted by Gasteiger charge is -2.51. The van der Waals surface area contributed by atoms with Gasteiger partial charge in [0, 0.05) is 38.1 Å². The summed E-state index contributed by atoms with van der Waals surface area (Å²) in [5.41, 5.74) is 0.136. The van der Waals surface area contributed by atoms with Crippen LogP contribution in [0.2, 0.25) is 0 Å². The topological polar surface area (TPSA) is 60.9 Å². The molecule has 2 rings (SSSR count). The summed E-state index contributed by atoms with van der Waals surface area (Å²) < 4.78 is 31.7. The van der Waals surface area contributed by atoms with E-state index in [1.54, 1.807) is 0 Å². The van der Waals surface area contributed by atoms with E-state index in [-0.39, 0.29) is 5.54 Å². The van der Waals surface area contributed by atoms with Gasteiger partial charge >= 0.3 is 12.1 Å². The number of amides is 1. The third kappa shape index (κ3) is 6.30. The van der Waals surface area contributed by atoms with Crippen LogP contribution >= 0.6 is 0 Å². The summed E-state index contributed by atoms with van der Waals surface area (Å²) in [5, 5.41) is 7.12. The minimum atomic E-state index is -5.08. The van der Waals surface area contributed by atoms with E-state index in [1.165, 1.54) is 13.0 Å². The highest BCUT2D eigenvalue weighted by molar-refractivity contribution is 5.78. The predicted molar refractivity (Wildman–Crippen MR) is 92.7 cm³/mol. The van der Waals surface area contributed by atoms with Gasteiger partial charge in [-0.3, -0.25) is 4.79 Å². The molecular weight excluding hydrogens is 349 g/mol. The molecule has 1 N–H and O–H groups in total. The number of halogens is 3. The fourth-order valence-electron chi connectivity index (χ4n) is 3.72. The number of likely N-dealkylation sites (tertiary alicyclic amines) is 2. The van der Waals surface area contributed by atoms with Crippen LogP contribution in [-0.2, 0) is 9.59 Å². The zero-order valence-electron chi connectivity index (χ0n) is 15.5. The molecule has 8 heteroatoms. The Labute approximate surface area is 152 Å². The zero-order chi connectivity index (χ0) is 20.0. The molecule has 2 fully saturated rings. The number of piperidine rings is 2. The molecule has 0 aromatic heterocycles. The number of aliphatic carboxylic acids is 1. The van der Waals surface area contributed by atoms with E-state index < -0.39 is 12.1 Å². The number of carbonyl (C=O) groups is 2. The third-order valence-corrected chi connectivity index (χ3v) is 4.87. The van der Waals surface area contributed by atoms with Gasteiger partial charge in [-0.1, -0.05) is 19.9 Å². The van der Waals surface area contributed by atoms with Crippen molar-refractivity contribution in [3.05, 3.63) is 12.7 Å². The summed E-state index contributed by atoms with van der Waals surface area (Å²) in [6, 6.07) is 0. The Balaban J connectivity index is 0.000000412. The number of carboxylic acids is 1. The second-order valence-electron chi connectivity index (χ2n) is 7.37. The standard InChI is InChI=1S/C16H28N2O.C2HF3O2/c1-4-10-18-15(19)6-5-7-16(18)8-11-17(12-9-16)13-14(2)3;3-2(4,5)1(6)7/h4,14H,1,5-13H2,2-3H3;(H,6,7). The normalized spacial score (nSPS) is 20.7. The van der Waals surface area contributed by atoms with Crippen LogP contribution in [0.4, 0.5) is 13.2 Å². The van der Waals surface area contributed by atoms with Crippen LogP contribution in [0, 0.1) is 5.92 Å². The minimum absolute atomic E-state index is 0.136. The molecule has 0 saturated carbocycles. The molecule has 0 bridgehead atoms. The maximum absolute atomic E-state index is 12.2. The summed E-state index contributed by atoms with van der Waals surface area (Å²) in [7, 11) is 0. The number of hydrogen-bond acceptors (Lipinski definition) is 3. The Hall–Kier alpha value is -1.57. The van der Waals surface area contributed by atoms with Gasteiger partial charge in [-0.05, 0) is 31.6 Å². The number of rotatable bonds is 4. The van der Waals surface area contributed by atoms with Crippen molar-refractivity contribution in [1.82, 2.24) is 9.80 Å². The molecule has 0 aromatic rings. The van der Waals surface area contributed by atoms with Gasteiger partial charge in [0.2, 0.25) is 5.91 Å². The SMILES string of the molecule is C=CCN1C(=O)CCCC12CCN(CC(C)C)CC2.O=C(O)C(F)(F)F. The number of hydrogen-bond donors (Lipinski definition) is 1. The molecule has 0 atom stereocenters. The fraction of sp³-hybridized carbons (Fsp3) is 0.778. The maximum atomic E-state index is 12.2. The molecule has 2 aliphatic heterocycles. The summed E-state index contributed by atoms with van der Waals surface area (Å²) in [5.74, 6) is -1.69. The Bertz CT molecular complexity index is 498. The smallest absolute Gasteiger partial charge is 0.475 e. The summed E-state index contributed by atoms with van der Waals surface area (Å²) >= 11 is 0.